The van der Waals surface area contributed by atoms with E-state index in [1.807, 2.05) is 18.2 Å². The Morgan fingerprint density at radius 2 is 2.15 bits per heavy atom. The second kappa shape index (κ2) is 5.57. The lowest BCUT2D eigenvalue weighted by Gasteiger charge is -2.12. The highest BCUT2D eigenvalue weighted by atomic mass is 35.5. The van der Waals surface area contributed by atoms with Crippen LogP contribution in [0, 0.1) is 0 Å². The maximum atomic E-state index is 12.9. The first-order valence-electron chi connectivity index (χ1n) is 8.45. The van der Waals surface area contributed by atoms with Gasteiger partial charge in [-0.1, -0.05) is 11.6 Å². The topological polar surface area (TPSA) is 73.0 Å². The monoisotopic (exact) mass is 366 g/mol. The maximum Gasteiger partial charge on any atom is 0.354 e. The summed E-state index contributed by atoms with van der Waals surface area (Å²) in [6.07, 6.45) is 3.93. The van der Waals surface area contributed by atoms with Crippen LogP contribution >= 0.6 is 11.6 Å². The summed E-state index contributed by atoms with van der Waals surface area (Å²) >= 11 is 6.21. The van der Waals surface area contributed by atoms with Crippen molar-refractivity contribution < 1.29 is 4.42 Å². The van der Waals surface area contributed by atoms with E-state index in [-0.39, 0.29) is 5.69 Å². The molecule has 0 aliphatic heterocycles. The highest BCUT2D eigenvalue weighted by Crippen LogP contribution is 2.42. The first-order valence-corrected chi connectivity index (χ1v) is 8.83. The van der Waals surface area contributed by atoms with Gasteiger partial charge >= 0.3 is 5.69 Å². The second-order valence-electron chi connectivity index (χ2n) is 6.43. The van der Waals surface area contributed by atoms with Crippen LogP contribution in [0.3, 0.4) is 0 Å². The van der Waals surface area contributed by atoms with Gasteiger partial charge in [-0.15, -0.1) is 0 Å². The van der Waals surface area contributed by atoms with E-state index in [0.717, 1.165) is 29.6 Å². The molecule has 0 bridgehead atoms. The predicted molar refractivity (Wildman–Crippen MR) is 101 cm³/mol. The molecule has 0 spiro atoms. The highest BCUT2D eigenvalue weighted by molar-refractivity contribution is 6.31. The molecule has 5 rings (SSSR count). The molecular weight excluding hydrogens is 352 g/mol. The van der Waals surface area contributed by atoms with E-state index in [0.29, 0.717) is 33.4 Å². The number of fused-ring (bicyclic) bond motifs is 3. The number of rotatable bonds is 3. The standard InChI is InChI=1S/C19H15ClN4O2/c1-21-18-17-16(12-9-11(20)6-7-14(12)26-17)24(19(25)23-18)13-3-2-8-22-15(13)10-4-5-10/h2-3,6-10H,4-5H2,1H3,(H,21,23,25). The predicted octanol–water partition coefficient (Wildman–Crippen LogP) is 4.10. The van der Waals surface area contributed by atoms with Gasteiger partial charge in [0, 0.05) is 29.6 Å². The molecule has 6 nitrogen and oxygen atoms in total. The van der Waals surface area contributed by atoms with Crippen molar-refractivity contribution in [2.75, 3.05) is 12.4 Å². The summed E-state index contributed by atoms with van der Waals surface area (Å²) in [6.45, 7) is 0. The van der Waals surface area contributed by atoms with Gasteiger partial charge in [0.05, 0.1) is 11.4 Å². The normalized spacial score (nSPS) is 14.2. The quantitative estimate of drug-likeness (QED) is 0.591. The number of anilines is 1. The zero-order chi connectivity index (χ0) is 17.8. The third-order valence-electron chi connectivity index (χ3n) is 4.72. The van der Waals surface area contributed by atoms with E-state index in [2.05, 4.69) is 15.3 Å². The number of aromatic nitrogens is 3. The lowest BCUT2D eigenvalue weighted by Crippen LogP contribution is -2.24. The van der Waals surface area contributed by atoms with E-state index in [1.165, 1.54) is 0 Å². The van der Waals surface area contributed by atoms with Crippen molar-refractivity contribution >= 4 is 39.5 Å². The Balaban J connectivity index is 1.97. The third kappa shape index (κ3) is 2.22. The van der Waals surface area contributed by atoms with Crippen LogP contribution in [0.4, 0.5) is 5.82 Å². The summed E-state index contributed by atoms with van der Waals surface area (Å²) in [5.41, 5.74) is 3.13. The van der Waals surface area contributed by atoms with Crippen molar-refractivity contribution in [3.05, 3.63) is 57.7 Å². The lowest BCUT2D eigenvalue weighted by molar-refractivity contribution is 0.664. The Kier molecular flexibility index (Phi) is 3.30. The molecule has 0 amide bonds. The number of nitrogens with zero attached hydrogens (tertiary/aromatic N) is 3. The maximum absolute atomic E-state index is 12.9. The van der Waals surface area contributed by atoms with Gasteiger partial charge in [-0.25, -0.2) is 4.79 Å². The number of halogens is 1. The molecule has 0 atom stereocenters. The zero-order valence-electron chi connectivity index (χ0n) is 14.0. The average molecular weight is 367 g/mol. The van der Waals surface area contributed by atoms with Crippen molar-refractivity contribution in [3.8, 4) is 5.69 Å². The van der Waals surface area contributed by atoms with E-state index in [9.17, 15) is 4.79 Å². The van der Waals surface area contributed by atoms with Crippen molar-refractivity contribution in [2.45, 2.75) is 18.8 Å². The Labute approximate surface area is 153 Å². The molecule has 1 aliphatic rings. The summed E-state index contributed by atoms with van der Waals surface area (Å²) in [5, 5.41) is 4.30. The van der Waals surface area contributed by atoms with Crippen molar-refractivity contribution in [3.63, 3.8) is 0 Å². The first kappa shape index (κ1) is 15.4. The van der Waals surface area contributed by atoms with E-state index in [1.54, 1.807) is 29.9 Å². The van der Waals surface area contributed by atoms with Gasteiger partial charge in [0.1, 0.15) is 11.1 Å². The zero-order valence-corrected chi connectivity index (χ0v) is 14.7. The first-order chi connectivity index (χ1) is 12.7. The molecule has 0 saturated heterocycles. The van der Waals surface area contributed by atoms with E-state index < -0.39 is 0 Å². The van der Waals surface area contributed by atoms with E-state index in [4.69, 9.17) is 16.0 Å². The van der Waals surface area contributed by atoms with Gasteiger partial charge in [-0.2, -0.15) is 4.98 Å². The van der Waals surface area contributed by atoms with Gasteiger partial charge in [0.25, 0.3) is 0 Å². The van der Waals surface area contributed by atoms with Gasteiger partial charge < -0.3 is 9.73 Å². The third-order valence-corrected chi connectivity index (χ3v) is 4.95. The molecule has 4 aromatic rings. The number of benzene rings is 1. The summed E-state index contributed by atoms with van der Waals surface area (Å²) in [7, 11) is 1.71. The molecule has 3 heterocycles. The SMILES string of the molecule is CNc1nc(=O)n(-c2cccnc2C2CC2)c2c1oc1ccc(Cl)cc12. The van der Waals surface area contributed by atoms with Crippen LogP contribution in [0.25, 0.3) is 27.8 Å². The van der Waals surface area contributed by atoms with Crippen LogP contribution in [0.2, 0.25) is 5.02 Å². The Hall–Kier alpha value is -2.86. The summed E-state index contributed by atoms with van der Waals surface area (Å²) in [6, 6.07) is 9.12. The fraction of sp³-hybridized carbons (Fsp3) is 0.211. The summed E-state index contributed by atoms with van der Waals surface area (Å²) in [5.74, 6) is 0.796. The minimum Gasteiger partial charge on any atom is -0.450 e. The molecular formula is C19H15ClN4O2. The smallest absolute Gasteiger partial charge is 0.354 e. The number of hydrogen-bond acceptors (Lipinski definition) is 5. The molecule has 1 aliphatic carbocycles. The molecule has 0 radical (unpaired) electrons. The molecule has 3 aromatic heterocycles. The number of pyridine rings is 1. The van der Waals surface area contributed by atoms with Crippen LogP contribution in [-0.2, 0) is 0 Å². The van der Waals surface area contributed by atoms with Crippen molar-refractivity contribution in [1.29, 1.82) is 0 Å². The number of hydrogen-bond donors (Lipinski definition) is 1. The van der Waals surface area contributed by atoms with Crippen molar-refractivity contribution in [1.82, 2.24) is 14.5 Å². The van der Waals surface area contributed by atoms with Crippen LogP contribution < -0.4 is 11.0 Å². The highest BCUT2D eigenvalue weighted by Gasteiger charge is 2.29. The van der Waals surface area contributed by atoms with Crippen LogP contribution in [0.5, 0.6) is 0 Å². The lowest BCUT2D eigenvalue weighted by atomic mass is 10.2. The minimum absolute atomic E-state index is 0.376. The Bertz CT molecular complexity index is 1220. The molecule has 26 heavy (non-hydrogen) atoms. The Morgan fingerprint density at radius 1 is 1.31 bits per heavy atom. The van der Waals surface area contributed by atoms with Crippen LogP contribution in [0.15, 0.2) is 45.7 Å². The molecule has 1 fully saturated rings. The van der Waals surface area contributed by atoms with Gasteiger partial charge in [0.15, 0.2) is 11.4 Å². The van der Waals surface area contributed by atoms with Gasteiger partial charge in [-0.3, -0.25) is 9.55 Å². The fourth-order valence-corrected chi connectivity index (χ4v) is 3.57. The Morgan fingerprint density at radius 3 is 2.92 bits per heavy atom. The van der Waals surface area contributed by atoms with Crippen LogP contribution in [0.1, 0.15) is 24.5 Å². The van der Waals surface area contributed by atoms with Crippen molar-refractivity contribution in [2.24, 2.45) is 0 Å². The molecule has 1 N–H and O–H groups in total. The number of furan rings is 1. The molecule has 130 valence electrons. The summed E-state index contributed by atoms with van der Waals surface area (Å²) in [4.78, 5) is 21.7. The van der Waals surface area contributed by atoms with Gasteiger partial charge in [-0.05, 0) is 43.2 Å². The largest absolute Gasteiger partial charge is 0.450 e. The van der Waals surface area contributed by atoms with Crippen LogP contribution in [-0.4, -0.2) is 21.6 Å². The fourth-order valence-electron chi connectivity index (χ4n) is 3.39. The molecule has 0 unspecified atom stereocenters. The molecule has 7 heteroatoms. The number of nitrogens with one attached hydrogen (secondary N) is 1. The molecule has 1 aromatic carbocycles. The average Bonchev–Trinajstić information content (AvgIpc) is 3.43. The van der Waals surface area contributed by atoms with E-state index >= 15 is 0 Å². The summed E-state index contributed by atoms with van der Waals surface area (Å²) < 4.78 is 7.60. The van der Waals surface area contributed by atoms with Gasteiger partial charge in [0.2, 0.25) is 0 Å². The molecule has 1 saturated carbocycles. The minimum atomic E-state index is -0.376. The second-order valence-corrected chi connectivity index (χ2v) is 6.87.